The summed E-state index contributed by atoms with van der Waals surface area (Å²) in [6.07, 6.45) is 5.49. The van der Waals surface area contributed by atoms with E-state index in [0.29, 0.717) is 36.6 Å². The average Bonchev–Trinajstić information content (AvgIpc) is 3.28. The van der Waals surface area contributed by atoms with Crippen molar-refractivity contribution in [1.29, 1.82) is 5.26 Å². The number of pyridine rings is 1. The Bertz CT molecular complexity index is 1450. The maximum absolute atomic E-state index is 12.7. The van der Waals surface area contributed by atoms with Crippen LogP contribution < -0.4 is 10.9 Å². The topological polar surface area (TPSA) is 92.7 Å². The van der Waals surface area contributed by atoms with E-state index in [1.807, 2.05) is 28.8 Å². The van der Waals surface area contributed by atoms with Crippen LogP contribution in [0.3, 0.4) is 0 Å². The lowest BCUT2D eigenvalue weighted by Crippen LogP contribution is -2.29. The highest BCUT2D eigenvalue weighted by Crippen LogP contribution is 2.16. The molecule has 1 amide bonds. The fourth-order valence-electron chi connectivity index (χ4n) is 3.65. The number of rotatable bonds is 8. The lowest BCUT2D eigenvalue weighted by Gasteiger charge is -2.11. The van der Waals surface area contributed by atoms with Gasteiger partial charge in [-0.25, -0.2) is 4.98 Å². The van der Waals surface area contributed by atoms with Gasteiger partial charge in [0.2, 0.25) is 0 Å². The minimum atomic E-state index is -0.417. The maximum atomic E-state index is 12.7. The van der Waals surface area contributed by atoms with E-state index in [4.69, 9.17) is 28.5 Å². The number of nitrogens with zero attached hydrogens (tertiary/aromatic N) is 4. The van der Waals surface area contributed by atoms with Gasteiger partial charge in [0, 0.05) is 48.7 Å². The van der Waals surface area contributed by atoms with Gasteiger partial charge in [0.15, 0.2) is 0 Å². The number of nitriles is 1. The van der Waals surface area contributed by atoms with Crippen molar-refractivity contribution in [2.75, 3.05) is 6.54 Å². The van der Waals surface area contributed by atoms with Crippen molar-refractivity contribution in [3.8, 4) is 6.07 Å². The fraction of sp³-hybridized carbons (Fsp3) is 0.154. The Hall–Kier alpha value is -3.86. The minimum Gasteiger partial charge on any atom is -0.352 e. The highest BCUT2D eigenvalue weighted by atomic mass is 35.5. The van der Waals surface area contributed by atoms with Gasteiger partial charge in [-0.2, -0.15) is 5.26 Å². The second-order valence-corrected chi connectivity index (χ2v) is 8.80. The Balaban J connectivity index is 1.37. The van der Waals surface area contributed by atoms with Crippen LogP contribution in [0.15, 0.2) is 78.1 Å². The summed E-state index contributed by atoms with van der Waals surface area (Å²) in [6, 6.07) is 17.9. The van der Waals surface area contributed by atoms with Gasteiger partial charge in [-0.05, 0) is 35.4 Å². The highest BCUT2D eigenvalue weighted by Gasteiger charge is 2.14. The number of nitrogens with one attached hydrogen (secondary N) is 1. The molecule has 2 aromatic heterocycles. The molecule has 0 aliphatic rings. The lowest BCUT2D eigenvalue weighted by atomic mass is 10.1. The zero-order chi connectivity index (χ0) is 24.8. The molecule has 4 aromatic rings. The first kappa shape index (κ1) is 24.3. The van der Waals surface area contributed by atoms with E-state index in [2.05, 4.69) is 16.4 Å². The first-order valence-electron chi connectivity index (χ1n) is 10.8. The van der Waals surface area contributed by atoms with Crippen molar-refractivity contribution < 1.29 is 4.79 Å². The molecule has 0 spiro atoms. The summed E-state index contributed by atoms with van der Waals surface area (Å²) in [5, 5.41) is 12.5. The number of amides is 1. The number of carbonyl (C=O) groups excluding carboxylic acids is 1. The zero-order valence-electron chi connectivity index (χ0n) is 18.6. The van der Waals surface area contributed by atoms with Crippen LogP contribution in [0.2, 0.25) is 10.0 Å². The van der Waals surface area contributed by atoms with Crippen molar-refractivity contribution in [2.45, 2.75) is 19.5 Å². The predicted octanol–water partition coefficient (Wildman–Crippen LogP) is 4.29. The number of imidazole rings is 1. The molecule has 0 fully saturated rings. The summed E-state index contributed by atoms with van der Waals surface area (Å²) in [6.45, 7) is 1.25. The Morgan fingerprint density at radius 2 is 1.80 bits per heavy atom. The first-order valence-corrected chi connectivity index (χ1v) is 11.6. The second kappa shape index (κ2) is 11.0. The molecule has 0 radical (unpaired) electrons. The molecule has 0 saturated carbocycles. The summed E-state index contributed by atoms with van der Waals surface area (Å²) in [4.78, 5) is 29.5. The third kappa shape index (κ3) is 6.18. The molecular formula is C26H21Cl2N5O2. The molecule has 7 nitrogen and oxygen atoms in total. The van der Waals surface area contributed by atoms with Crippen LogP contribution in [-0.2, 0) is 19.5 Å². The van der Waals surface area contributed by atoms with Crippen molar-refractivity contribution in [1.82, 2.24) is 19.4 Å². The van der Waals surface area contributed by atoms with Crippen LogP contribution >= 0.6 is 23.2 Å². The SMILES string of the molecule is N#Cc1ccc(Cn2cncc2CCNC(=O)c2cc(=O)n(Cc3cccc(Cl)c3)cc2Cl)cc1. The lowest BCUT2D eigenvalue weighted by molar-refractivity contribution is 0.0954. The smallest absolute Gasteiger partial charge is 0.253 e. The molecule has 0 aliphatic heterocycles. The van der Waals surface area contributed by atoms with Gasteiger partial charge in [-0.3, -0.25) is 9.59 Å². The number of halogens is 2. The van der Waals surface area contributed by atoms with Crippen molar-refractivity contribution >= 4 is 29.1 Å². The van der Waals surface area contributed by atoms with Crippen LogP contribution in [0.4, 0.5) is 0 Å². The fourth-order valence-corrected chi connectivity index (χ4v) is 4.13. The third-order valence-electron chi connectivity index (χ3n) is 5.47. The molecule has 35 heavy (non-hydrogen) atoms. The molecule has 1 N–H and O–H groups in total. The van der Waals surface area contributed by atoms with E-state index >= 15 is 0 Å². The van der Waals surface area contributed by atoms with Gasteiger partial charge in [0.1, 0.15) is 0 Å². The van der Waals surface area contributed by atoms with E-state index in [1.54, 1.807) is 36.8 Å². The minimum absolute atomic E-state index is 0.130. The standard InChI is InChI=1S/C26H21Cl2N5O2/c27-21-3-1-2-20(10-21)15-32-16-24(28)23(11-25(32)34)26(35)31-9-8-22-13-30-17-33(22)14-19-6-4-18(12-29)5-7-19/h1-7,10-11,13,16-17H,8-9,14-15H2,(H,31,35). The quantitative estimate of drug-likeness (QED) is 0.386. The summed E-state index contributed by atoms with van der Waals surface area (Å²) < 4.78 is 3.42. The third-order valence-corrected chi connectivity index (χ3v) is 6.00. The van der Waals surface area contributed by atoms with Crippen molar-refractivity contribution in [2.24, 2.45) is 0 Å². The Morgan fingerprint density at radius 3 is 2.54 bits per heavy atom. The van der Waals surface area contributed by atoms with Crippen LogP contribution in [0.5, 0.6) is 0 Å². The molecule has 0 aliphatic carbocycles. The van der Waals surface area contributed by atoms with Gasteiger partial charge in [0.05, 0.1) is 35.1 Å². The highest BCUT2D eigenvalue weighted by molar-refractivity contribution is 6.33. The van der Waals surface area contributed by atoms with Gasteiger partial charge in [0.25, 0.3) is 11.5 Å². The summed E-state index contributed by atoms with van der Waals surface area (Å²) >= 11 is 12.3. The normalized spacial score (nSPS) is 10.7. The summed E-state index contributed by atoms with van der Waals surface area (Å²) in [5.74, 6) is -0.417. The molecule has 176 valence electrons. The average molecular weight is 506 g/mol. The van der Waals surface area contributed by atoms with Crippen molar-refractivity contribution in [3.05, 3.63) is 122 Å². The molecule has 9 heteroatoms. The molecule has 0 unspecified atom stereocenters. The predicted molar refractivity (Wildman–Crippen MR) is 135 cm³/mol. The van der Waals surface area contributed by atoms with Gasteiger partial charge in [-0.15, -0.1) is 0 Å². The number of benzene rings is 2. The molecule has 0 bridgehead atoms. The Kier molecular flexibility index (Phi) is 7.66. The first-order chi connectivity index (χ1) is 16.9. The monoisotopic (exact) mass is 505 g/mol. The largest absolute Gasteiger partial charge is 0.352 e. The van der Waals surface area contributed by atoms with Crippen molar-refractivity contribution in [3.63, 3.8) is 0 Å². The van der Waals surface area contributed by atoms with Gasteiger partial charge < -0.3 is 14.5 Å². The van der Waals surface area contributed by atoms with E-state index in [1.165, 1.54) is 16.8 Å². The van der Waals surface area contributed by atoms with E-state index < -0.39 is 5.91 Å². The molecular weight excluding hydrogens is 485 g/mol. The van der Waals surface area contributed by atoms with Gasteiger partial charge in [-0.1, -0.05) is 47.5 Å². The molecule has 2 aromatic carbocycles. The Labute approximate surface area is 212 Å². The molecule has 4 rings (SSSR count). The number of carbonyl (C=O) groups is 1. The number of hydrogen-bond donors (Lipinski definition) is 1. The maximum Gasteiger partial charge on any atom is 0.253 e. The Morgan fingerprint density at radius 1 is 1.03 bits per heavy atom. The van der Waals surface area contributed by atoms with Gasteiger partial charge >= 0.3 is 0 Å². The second-order valence-electron chi connectivity index (χ2n) is 7.96. The molecule has 0 saturated heterocycles. The van der Waals surface area contributed by atoms with E-state index in [9.17, 15) is 9.59 Å². The van der Waals surface area contributed by atoms with E-state index in [-0.39, 0.29) is 16.1 Å². The number of aromatic nitrogens is 3. The summed E-state index contributed by atoms with van der Waals surface area (Å²) in [7, 11) is 0. The van der Waals surface area contributed by atoms with Crippen LogP contribution in [0.1, 0.15) is 32.7 Å². The molecule has 2 heterocycles. The zero-order valence-corrected chi connectivity index (χ0v) is 20.1. The van der Waals surface area contributed by atoms with Crippen LogP contribution in [0.25, 0.3) is 0 Å². The molecule has 0 atom stereocenters. The summed E-state index contributed by atoms with van der Waals surface area (Å²) in [5.41, 5.74) is 3.24. The number of hydrogen-bond acceptors (Lipinski definition) is 4. The van der Waals surface area contributed by atoms with Crippen LogP contribution in [-0.4, -0.2) is 26.6 Å². The van der Waals surface area contributed by atoms with Crippen LogP contribution in [0, 0.1) is 11.3 Å². The van der Waals surface area contributed by atoms with E-state index in [0.717, 1.165) is 16.8 Å².